The van der Waals surface area contributed by atoms with Crippen LogP contribution in [-0.4, -0.2) is 33.4 Å². The first-order chi connectivity index (χ1) is 9.88. The molecule has 112 valence electrons. The Morgan fingerprint density at radius 3 is 2.67 bits per heavy atom. The van der Waals surface area contributed by atoms with Gasteiger partial charge in [-0.2, -0.15) is 5.10 Å². The largest absolute Gasteiger partial charge is 0.392 e. The predicted molar refractivity (Wildman–Crippen MR) is 77.0 cm³/mol. The lowest BCUT2D eigenvalue weighted by atomic mass is 10.1. The number of halogens is 1. The fourth-order valence-electron chi connectivity index (χ4n) is 2.04. The molecule has 0 fully saturated rings. The number of carbonyl (C=O) groups is 1. The SMILES string of the molecule is Cc1cc(C)n(-c2ccc(C(=O)NCC(C)O)cc2F)n1. The molecular weight excluding hydrogens is 273 g/mol. The number of nitrogens with one attached hydrogen (secondary N) is 1. The van der Waals surface area contributed by atoms with Gasteiger partial charge in [-0.15, -0.1) is 0 Å². The number of benzene rings is 1. The van der Waals surface area contributed by atoms with Gasteiger partial charge in [-0.05, 0) is 45.0 Å². The number of rotatable bonds is 4. The van der Waals surface area contributed by atoms with Crippen LogP contribution in [0, 0.1) is 19.7 Å². The van der Waals surface area contributed by atoms with Crippen molar-refractivity contribution in [2.75, 3.05) is 6.54 Å². The van der Waals surface area contributed by atoms with E-state index in [1.54, 1.807) is 6.92 Å². The van der Waals surface area contributed by atoms with Gasteiger partial charge >= 0.3 is 0 Å². The van der Waals surface area contributed by atoms with Crippen LogP contribution in [0.1, 0.15) is 28.7 Å². The number of hydrogen-bond donors (Lipinski definition) is 2. The highest BCUT2D eigenvalue weighted by atomic mass is 19.1. The topological polar surface area (TPSA) is 67.2 Å². The molecule has 5 nitrogen and oxygen atoms in total. The average molecular weight is 291 g/mol. The van der Waals surface area contributed by atoms with E-state index in [0.29, 0.717) is 5.69 Å². The maximum Gasteiger partial charge on any atom is 0.251 e. The maximum absolute atomic E-state index is 14.2. The van der Waals surface area contributed by atoms with Crippen molar-refractivity contribution in [2.45, 2.75) is 26.9 Å². The zero-order valence-electron chi connectivity index (χ0n) is 12.2. The quantitative estimate of drug-likeness (QED) is 0.901. The molecule has 2 aromatic rings. The first kappa shape index (κ1) is 15.2. The molecule has 1 unspecified atom stereocenters. The zero-order valence-corrected chi connectivity index (χ0v) is 12.2. The monoisotopic (exact) mass is 291 g/mol. The number of aromatic nitrogens is 2. The smallest absolute Gasteiger partial charge is 0.251 e. The van der Waals surface area contributed by atoms with Crippen LogP contribution in [0.4, 0.5) is 4.39 Å². The minimum absolute atomic E-state index is 0.125. The van der Waals surface area contributed by atoms with Crippen molar-refractivity contribution in [1.29, 1.82) is 0 Å². The third-order valence-electron chi connectivity index (χ3n) is 3.01. The van der Waals surface area contributed by atoms with Crippen molar-refractivity contribution in [3.05, 3.63) is 47.0 Å². The van der Waals surface area contributed by atoms with Crippen molar-refractivity contribution in [3.63, 3.8) is 0 Å². The molecule has 0 bridgehead atoms. The van der Waals surface area contributed by atoms with Crippen LogP contribution in [-0.2, 0) is 0 Å². The van der Waals surface area contributed by atoms with Gasteiger partial charge in [-0.1, -0.05) is 0 Å². The Morgan fingerprint density at radius 2 is 2.14 bits per heavy atom. The number of aliphatic hydroxyl groups excluding tert-OH is 1. The van der Waals surface area contributed by atoms with Crippen LogP contribution < -0.4 is 5.32 Å². The summed E-state index contributed by atoms with van der Waals surface area (Å²) >= 11 is 0. The molecule has 1 amide bonds. The normalized spacial score (nSPS) is 12.2. The summed E-state index contributed by atoms with van der Waals surface area (Å²) in [5.41, 5.74) is 2.12. The van der Waals surface area contributed by atoms with Crippen molar-refractivity contribution in [2.24, 2.45) is 0 Å². The number of aliphatic hydroxyl groups is 1. The number of amides is 1. The lowest BCUT2D eigenvalue weighted by Crippen LogP contribution is -2.30. The standard InChI is InChI=1S/C15H18FN3O2/c1-9-6-10(2)19(18-9)14-5-4-12(7-13(14)16)15(21)17-8-11(3)20/h4-7,11,20H,8H2,1-3H3,(H,17,21). The van der Waals surface area contributed by atoms with Crippen LogP contribution in [0.25, 0.3) is 5.69 Å². The average Bonchev–Trinajstić information content (AvgIpc) is 2.74. The number of nitrogens with zero attached hydrogens (tertiary/aromatic N) is 2. The van der Waals surface area contributed by atoms with Gasteiger partial charge in [0, 0.05) is 17.8 Å². The molecule has 6 heteroatoms. The molecule has 1 atom stereocenters. The molecule has 0 aliphatic heterocycles. The Kier molecular flexibility index (Phi) is 4.37. The Balaban J connectivity index is 2.25. The summed E-state index contributed by atoms with van der Waals surface area (Å²) in [6.45, 7) is 5.36. The molecule has 0 saturated heterocycles. The summed E-state index contributed by atoms with van der Waals surface area (Å²) in [6.07, 6.45) is -0.646. The van der Waals surface area contributed by atoms with E-state index in [1.807, 2.05) is 19.9 Å². The third kappa shape index (κ3) is 3.46. The van der Waals surface area contributed by atoms with Gasteiger partial charge in [0.15, 0.2) is 0 Å². The molecular formula is C15H18FN3O2. The van der Waals surface area contributed by atoms with Crippen LogP contribution in [0.5, 0.6) is 0 Å². The molecule has 0 radical (unpaired) electrons. The Hall–Kier alpha value is -2.21. The first-order valence-electron chi connectivity index (χ1n) is 6.68. The van der Waals surface area contributed by atoms with Gasteiger partial charge in [0.2, 0.25) is 0 Å². The van der Waals surface area contributed by atoms with E-state index in [-0.39, 0.29) is 12.1 Å². The Labute approximate surface area is 122 Å². The fourth-order valence-corrected chi connectivity index (χ4v) is 2.04. The van der Waals surface area contributed by atoms with Gasteiger partial charge in [-0.3, -0.25) is 4.79 Å². The molecule has 2 N–H and O–H groups in total. The molecule has 0 spiro atoms. The first-order valence-corrected chi connectivity index (χ1v) is 6.68. The van der Waals surface area contributed by atoms with E-state index in [4.69, 9.17) is 5.11 Å². The van der Waals surface area contributed by atoms with Crippen molar-refractivity contribution in [1.82, 2.24) is 15.1 Å². The van der Waals surface area contributed by atoms with Gasteiger partial charge in [0.25, 0.3) is 5.91 Å². The highest BCUT2D eigenvalue weighted by Crippen LogP contribution is 2.17. The van der Waals surface area contributed by atoms with Crippen LogP contribution in [0.15, 0.2) is 24.3 Å². The summed E-state index contributed by atoms with van der Waals surface area (Å²) in [7, 11) is 0. The second-order valence-electron chi connectivity index (χ2n) is 5.06. The van der Waals surface area contributed by atoms with Gasteiger partial charge in [-0.25, -0.2) is 9.07 Å². The van der Waals surface area contributed by atoms with E-state index in [0.717, 1.165) is 11.4 Å². The number of hydrogen-bond acceptors (Lipinski definition) is 3. The zero-order chi connectivity index (χ0) is 15.6. The van der Waals surface area contributed by atoms with E-state index in [2.05, 4.69) is 10.4 Å². The maximum atomic E-state index is 14.2. The fraction of sp³-hybridized carbons (Fsp3) is 0.333. The Bertz CT molecular complexity index is 665. The molecule has 0 aliphatic carbocycles. The molecule has 2 rings (SSSR count). The highest BCUT2D eigenvalue weighted by Gasteiger charge is 2.13. The van der Waals surface area contributed by atoms with Crippen LogP contribution >= 0.6 is 0 Å². The Morgan fingerprint density at radius 1 is 1.43 bits per heavy atom. The number of aryl methyl sites for hydroxylation is 2. The summed E-state index contributed by atoms with van der Waals surface area (Å²) in [4.78, 5) is 11.8. The highest BCUT2D eigenvalue weighted by molar-refractivity contribution is 5.94. The molecule has 0 saturated carbocycles. The lowest BCUT2D eigenvalue weighted by Gasteiger charge is -2.09. The van der Waals surface area contributed by atoms with Crippen LogP contribution in [0.3, 0.4) is 0 Å². The van der Waals surface area contributed by atoms with Gasteiger partial charge in [0.1, 0.15) is 11.5 Å². The van der Waals surface area contributed by atoms with Gasteiger partial charge < -0.3 is 10.4 Å². The minimum Gasteiger partial charge on any atom is -0.392 e. The van der Waals surface area contributed by atoms with Crippen molar-refractivity contribution in [3.8, 4) is 5.69 Å². The predicted octanol–water partition coefficient (Wildman–Crippen LogP) is 1.74. The molecule has 21 heavy (non-hydrogen) atoms. The number of carbonyl (C=O) groups excluding carboxylic acids is 1. The minimum atomic E-state index is -0.646. The second kappa shape index (κ2) is 6.05. The third-order valence-corrected chi connectivity index (χ3v) is 3.01. The molecule has 1 aromatic heterocycles. The summed E-state index contributed by atoms with van der Waals surface area (Å²) in [5.74, 6) is -0.944. The van der Waals surface area contributed by atoms with Crippen LogP contribution in [0.2, 0.25) is 0 Å². The van der Waals surface area contributed by atoms with Crippen molar-refractivity contribution < 1.29 is 14.3 Å². The molecule has 1 heterocycles. The van der Waals surface area contributed by atoms with Crippen molar-refractivity contribution >= 4 is 5.91 Å². The molecule has 1 aromatic carbocycles. The second-order valence-corrected chi connectivity index (χ2v) is 5.06. The van der Waals surface area contributed by atoms with E-state index in [9.17, 15) is 9.18 Å². The van der Waals surface area contributed by atoms with Gasteiger partial charge in [0.05, 0.1) is 11.8 Å². The summed E-state index contributed by atoms with van der Waals surface area (Å²) in [6, 6.07) is 6.07. The summed E-state index contributed by atoms with van der Waals surface area (Å²) in [5, 5.41) is 15.9. The van der Waals surface area contributed by atoms with E-state index in [1.165, 1.54) is 22.9 Å². The molecule has 0 aliphatic rings. The summed E-state index contributed by atoms with van der Waals surface area (Å²) < 4.78 is 15.7. The lowest BCUT2D eigenvalue weighted by molar-refractivity contribution is 0.0923. The van der Waals surface area contributed by atoms with E-state index >= 15 is 0 Å². The van der Waals surface area contributed by atoms with E-state index < -0.39 is 17.8 Å².